The molecule has 0 saturated carbocycles. The summed E-state index contributed by atoms with van der Waals surface area (Å²) in [4.78, 5) is 14.5. The van der Waals surface area contributed by atoms with Crippen LogP contribution in [0.15, 0.2) is 91.0 Å². The summed E-state index contributed by atoms with van der Waals surface area (Å²) in [6.45, 7) is 7.19. The van der Waals surface area contributed by atoms with Crippen LogP contribution in [0, 0.1) is 5.92 Å². The third-order valence-electron chi connectivity index (χ3n) is 7.01. The van der Waals surface area contributed by atoms with Crippen LogP contribution in [-0.4, -0.2) is 49.6 Å². The molecule has 0 bridgehead atoms. The first-order chi connectivity index (χ1) is 18.4. The quantitative estimate of drug-likeness (QED) is 0.302. The highest BCUT2D eigenvalue weighted by Crippen LogP contribution is 2.38. The van der Waals surface area contributed by atoms with Crippen LogP contribution >= 0.6 is 0 Å². The van der Waals surface area contributed by atoms with E-state index in [1.165, 1.54) is 43.6 Å². The molecule has 204 valence electrons. The minimum atomic E-state index is -0.681. The van der Waals surface area contributed by atoms with Crippen molar-refractivity contribution in [3.05, 3.63) is 102 Å². The Labute approximate surface area is 229 Å². The molecule has 1 saturated heterocycles. The fourth-order valence-corrected chi connectivity index (χ4v) is 5.05. The van der Waals surface area contributed by atoms with Gasteiger partial charge in [-0.15, -0.1) is 0 Å². The van der Waals surface area contributed by atoms with Crippen LogP contribution in [0.25, 0.3) is 0 Å². The lowest BCUT2D eigenvalue weighted by molar-refractivity contribution is -0.168. The number of benzene rings is 3. The molecule has 38 heavy (non-hydrogen) atoms. The van der Waals surface area contributed by atoms with Crippen LogP contribution in [0.2, 0.25) is 0 Å². The second kappa shape index (κ2) is 15.3. The fourth-order valence-electron chi connectivity index (χ4n) is 5.05. The highest BCUT2D eigenvalue weighted by atomic mass is 16.6. The Bertz CT molecular complexity index is 1050. The maximum Gasteiger partial charge on any atom is 0.306 e. The topological polar surface area (TPSA) is 44.8 Å². The van der Waals surface area contributed by atoms with E-state index >= 15 is 0 Å². The number of ether oxygens (including phenoxy) is 1. The average molecular weight is 516 g/mol. The fraction of sp³-hybridized carbons (Fsp3) is 0.424. The van der Waals surface area contributed by atoms with E-state index in [0.717, 1.165) is 12.1 Å². The lowest BCUT2D eigenvalue weighted by atomic mass is 9.77. The first-order valence-electron chi connectivity index (χ1n) is 14.0. The molecule has 1 N–H and O–H groups in total. The number of carbonyl (C=O) groups excluding carboxylic acids is 1. The van der Waals surface area contributed by atoms with E-state index in [2.05, 4.69) is 84.9 Å². The molecule has 0 unspecified atom stereocenters. The van der Waals surface area contributed by atoms with Crippen molar-refractivity contribution in [3.8, 4) is 0 Å². The number of esters is 1. The number of hydrogen-bond donors (Lipinski definition) is 1. The van der Waals surface area contributed by atoms with Gasteiger partial charge in [-0.1, -0.05) is 99.1 Å². The summed E-state index contributed by atoms with van der Waals surface area (Å²) in [6.07, 6.45) is 5.06. The number of piperidine rings is 1. The van der Waals surface area contributed by atoms with Crippen molar-refractivity contribution in [2.45, 2.75) is 51.6 Å². The highest BCUT2D eigenvalue weighted by molar-refractivity contribution is 5.69. The van der Waals surface area contributed by atoms with Crippen molar-refractivity contribution < 1.29 is 9.53 Å². The first-order valence-corrected chi connectivity index (χ1v) is 14.0. The van der Waals surface area contributed by atoms with Gasteiger partial charge in [0, 0.05) is 44.1 Å². The molecule has 0 aromatic heterocycles. The molecule has 1 heterocycles. The molecule has 0 aliphatic carbocycles. The summed E-state index contributed by atoms with van der Waals surface area (Å²) in [6, 6.07) is 30.8. The molecule has 1 aliphatic heterocycles. The molecule has 0 spiro atoms. The van der Waals surface area contributed by atoms with Gasteiger partial charge in [0.15, 0.2) is 0 Å². The van der Waals surface area contributed by atoms with Crippen molar-refractivity contribution in [1.29, 1.82) is 0 Å². The number of para-hydroxylation sites is 1. The van der Waals surface area contributed by atoms with Crippen LogP contribution in [-0.2, 0) is 21.6 Å². The molecule has 2 atom stereocenters. The van der Waals surface area contributed by atoms with Crippen LogP contribution < -0.4 is 5.43 Å². The SMILES string of the molecule is CCC(=O)O[C@](Cc1ccccc1)(c1ccccc1)[C@H](C)CN(C)C.c1ccc(NN2CCCCC2)cc1. The van der Waals surface area contributed by atoms with Crippen molar-refractivity contribution in [2.75, 3.05) is 39.2 Å². The van der Waals surface area contributed by atoms with E-state index in [4.69, 9.17) is 4.74 Å². The van der Waals surface area contributed by atoms with Gasteiger partial charge in [0.25, 0.3) is 0 Å². The number of rotatable bonds is 10. The van der Waals surface area contributed by atoms with Crippen molar-refractivity contribution in [3.63, 3.8) is 0 Å². The minimum absolute atomic E-state index is 0.139. The molecule has 1 aliphatic rings. The average Bonchev–Trinajstić information content (AvgIpc) is 2.94. The van der Waals surface area contributed by atoms with Crippen LogP contribution in [0.4, 0.5) is 5.69 Å². The van der Waals surface area contributed by atoms with Crippen LogP contribution in [0.3, 0.4) is 0 Å². The van der Waals surface area contributed by atoms with Gasteiger partial charge in [-0.05, 0) is 50.2 Å². The molecule has 5 heteroatoms. The number of nitrogens with one attached hydrogen (secondary N) is 1. The Hall–Kier alpha value is -3.15. The lowest BCUT2D eigenvalue weighted by Crippen LogP contribution is -2.44. The predicted octanol–water partition coefficient (Wildman–Crippen LogP) is 6.77. The van der Waals surface area contributed by atoms with E-state index < -0.39 is 5.60 Å². The van der Waals surface area contributed by atoms with Crippen molar-refractivity contribution >= 4 is 11.7 Å². The standard InChI is InChI=1S/C22H29NO2.C11H16N2/c1-5-21(24)25-22(18(2)17-23(3)4,20-14-10-7-11-15-20)16-19-12-8-6-9-13-19;1-3-7-11(8-4-1)12-13-9-5-2-6-10-13/h6-15,18H,5,16-17H2,1-4H3;1,3-4,7-8,12H,2,5-6,9-10H2/t18-,22+;/m1./s1. The van der Waals surface area contributed by atoms with Crippen LogP contribution in [0.5, 0.6) is 0 Å². The van der Waals surface area contributed by atoms with Gasteiger partial charge < -0.3 is 15.1 Å². The van der Waals surface area contributed by atoms with Gasteiger partial charge in [-0.25, -0.2) is 5.01 Å². The van der Waals surface area contributed by atoms with E-state index in [9.17, 15) is 4.79 Å². The summed E-state index contributed by atoms with van der Waals surface area (Å²) < 4.78 is 6.17. The van der Waals surface area contributed by atoms with Gasteiger partial charge in [-0.3, -0.25) is 4.79 Å². The third kappa shape index (κ3) is 9.00. The second-order valence-corrected chi connectivity index (χ2v) is 10.4. The molecule has 0 amide bonds. The number of nitrogens with zero attached hydrogens (tertiary/aromatic N) is 2. The Kier molecular flexibility index (Phi) is 11.8. The monoisotopic (exact) mass is 515 g/mol. The smallest absolute Gasteiger partial charge is 0.306 e. The lowest BCUT2D eigenvalue weighted by Gasteiger charge is -2.40. The number of anilines is 1. The van der Waals surface area contributed by atoms with Crippen LogP contribution in [0.1, 0.15) is 50.7 Å². The zero-order valence-corrected chi connectivity index (χ0v) is 23.6. The third-order valence-corrected chi connectivity index (χ3v) is 7.01. The molecule has 3 aromatic rings. The van der Waals surface area contributed by atoms with Crippen molar-refractivity contribution in [2.24, 2.45) is 5.92 Å². The summed E-state index contributed by atoms with van der Waals surface area (Å²) >= 11 is 0. The maximum absolute atomic E-state index is 12.3. The molecule has 4 rings (SSSR count). The molecular formula is C33H45N3O2. The Balaban J connectivity index is 0.000000256. The Morgan fingerprint density at radius 3 is 2.00 bits per heavy atom. The first kappa shape index (κ1) is 29.4. The normalized spacial score (nSPS) is 16.0. The maximum atomic E-state index is 12.3. The van der Waals surface area contributed by atoms with Gasteiger partial charge in [0.1, 0.15) is 5.60 Å². The summed E-state index contributed by atoms with van der Waals surface area (Å²) in [5, 5.41) is 2.30. The highest BCUT2D eigenvalue weighted by Gasteiger charge is 2.42. The zero-order chi connectivity index (χ0) is 27.2. The molecule has 3 aromatic carbocycles. The summed E-state index contributed by atoms with van der Waals surface area (Å²) in [5.41, 5.74) is 6.15. The molecular weight excluding hydrogens is 470 g/mol. The number of hydrogen-bond acceptors (Lipinski definition) is 5. The summed E-state index contributed by atoms with van der Waals surface area (Å²) in [7, 11) is 4.10. The number of hydrazine groups is 1. The van der Waals surface area contributed by atoms with Gasteiger partial charge in [0.2, 0.25) is 0 Å². The minimum Gasteiger partial charge on any atom is -0.453 e. The zero-order valence-electron chi connectivity index (χ0n) is 23.6. The number of carbonyl (C=O) groups is 1. The molecule has 0 radical (unpaired) electrons. The Morgan fingerprint density at radius 2 is 1.45 bits per heavy atom. The van der Waals surface area contributed by atoms with Gasteiger partial charge >= 0.3 is 5.97 Å². The summed E-state index contributed by atoms with van der Waals surface area (Å²) in [5.74, 6) is -0.0222. The van der Waals surface area contributed by atoms with Gasteiger partial charge in [-0.2, -0.15) is 0 Å². The largest absolute Gasteiger partial charge is 0.453 e. The molecule has 5 nitrogen and oxygen atoms in total. The van der Waals surface area contributed by atoms with E-state index in [0.29, 0.717) is 12.8 Å². The molecule has 1 fully saturated rings. The predicted molar refractivity (Wildman–Crippen MR) is 158 cm³/mol. The Morgan fingerprint density at radius 1 is 0.895 bits per heavy atom. The van der Waals surface area contributed by atoms with Gasteiger partial charge in [0.05, 0.1) is 0 Å². The van der Waals surface area contributed by atoms with E-state index in [-0.39, 0.29) is 11.9 Å². The van der Waals surface area contributed by atoms with E-state index in [1.54, 1.807) is 0 Å². The second-order valence-electron chi connectivity index (χ2n) is 10.4. The van der Waals surface area contributed by atoms with Crippen molar-refractivity contribution in [1.82, 2.24) is 9.91 Å². The van der Waals surface area contributed by atoms with E-state index in [1.807, 2.05) is 49.4 Å².